The number of hydrogen-bond acceptors (Lipinski definition) is 4. The van der Waals surface area contributed by atoms with Gasteiger partial charge in [0.1, 0.15) is 5.60 Å². The summed E-state index contributed by atoms with van der Waals surface area (Å²) in [6, 6.07) is 0.134. The van der Waals surface area contributed by atoms with Gasteiger partial charge in [0.05, 0.1) is 13.0 Å². The Morgan fingerprint density at radius 3 is 2.29 bits per heavy atom. The summed E-state index contributed by atoms with van der Waals surface area (Å²) in [7, 11) is 0. The summed E-state index contributed by atoms with van der Waals surface area (Å²) in [5.74, 6) is -0.321. The van der Waals surface area contributed by atoms with E-state index in [1.165, 1.54) is 0 Å². The zero-order valence-electron chi connectivity index (χ0n) is 11.4. The molecule has 0 aliphatic rings. The van der Waals surface area contributed by atoms with Crippen molar-refractivity contribution in [2.45, 2.75) is 52.7 Å². The van der Waals surface area contributed by atoms with Crippen molar-refractivity contribution < 1.29 is 14.3 Å². The Bertz CT molecular complexity index is 257. The molecule has 0 aliphatic carbocycles. The quantitative estimate of drug-likeness (QED) is 0.536. The third kappa shape index (κ3) is 11.2. The molecule has 100 valence electrons. The number of carbonyl (C=O) groups is 2. The van der Waals surface area contributed by atoms with Crippen LogP contribution in [-0.4, -0.2) is 36.6 Å². The van der Waals surface area contributed by atoms with E-state index in [-0.39, 0.29) is 30.9 Å². The van der Waals surface area contributed by atoms with E-state index >= 15 is 0 Å². The van der Waals surface area contributed by atoms with Crippen molar-refractivity contribution in [2.75, 3.05) is 13.1 Å². The molecule has 0 aromatic heterocycles. The maximum Gasteiger partial charge on any atom is 0.307 e. The van der Waals surface area contributed by atoms with Gasteiger partial charge < -0.3 is 15.4 Å². The lowest BCUT2D eigenvalue weighted by Crippen LogP contribution is -2.38. The van der Waals surface area contributed by atoms with Crippen LogP contribution in [-0.2, 0) is 14.3 Å². The molecule has 5 nitrogen and oxygen atoms in total. The van der Waals surface area contributed by atoms with Gasteiger partial charge in [-0.15, -0.1) is 0 Å². The molecule has 17 heavy (non-hydrogen) atoms. The summed E-state index contributed by atoms with van der Waals surface area (Å²) >= 11 is 0. The summed E-state index contributed by atoms with van der Waals surface area (Å²) in [6.07, 6.45) is 0.270. The molecule has 0 saturated heterocycles. The average Bonchev–Trinajstić information content (AvgIpc) is 2.08. The molecule has 0 saturated carbocycles. The number of carbonyl (C=O) groups excluding carboxylic acids is 2. The minimum Gasteiger partial charge on any atom is -0.460 e. The third-order valence-electron chi connectivity index (χ3n) is 1.66. The van der Waals surface area contributed by atoms with Crippen molar-refractivity contribution in [3.05, 3.63) is 0 Å². The molecular formula is C12H24N2O3. The fraction of sp³-hybridized carbons (Fsp3) is 0.833. The molecule has 5 heteroatoms. The van der Waals surface area contributed by atoms with Crippen molar-refractivity contribution in [3.63, 3.8) is 0 Å². The average molecular weight is 244 g/mol. The van der Waals surface area contributed by atoms with Crippen molar-refractivity contribution >= 4 is 11.9 Å². The SMILES string of the molecule is CC(C)NC(=O)CNCCC(=O)OC(C)(C)C. The predicted molar refractivity (Wildman–Crippen MR) is 66.6 cm³/mol. The van der Waals surface area contributed by atoms with Gasteiger partial charge in [0.15, 0.2) is 0 Å². The minimum absolute atomic E-state index is 0.0656. The Balaban J connectivity index is 3.58. The van der Waals surface area contributed by atoms with Gasteiger partial charge in [-0.1, -0.05) is 0 Å². The van der Waals surface area contributed by atoms with E-state index in [2.05, 4.69) is 10.6 Å². The first-order valence-corrected chi connectivity index (χ1v) is 5.92. The summed E-state index contributed by atoms with van der Waals surface area (Å²) in [4.78, 5) is 22.6. The molecule has 0 aromatic rings. The second-order valence-electron chi connectivity index (χ2n) is 5.24. The first-order valence-electron chi connectivity index (χ1n) is 5.92. The predicted octanol–water partition coefficient (Wildman–Crippen LogP) is 0.832. The maximum absolute atomic E-state index is 11.3. The van der Waals surface area contributed by atoms with Crippen LogP contribution in [0, 0.1) is 0 Å². The molecule has 0 radical (unpaired) electrons. The van der Waals surface area contributed by atoms with E-state index < -0.39 is 5.60 Å². The second-order valence-corrected chi connectivity index (χ2v) is 5.24. The number of rotatable bonds is 6. The first kappa shape index (κ1) is 15.9. The van der Waals surface area contributed by atoms with Gasteiger partial charge in [0.2, 0.25) is 5.91 Å². The van der Waals surface area contributed by atoms with E-state index in [4.69, 9.17) is 4.74 Å². The highest BCUT2D eigenvalue weighted by molar-refractivity contribution is 5.78. The molecule has 0 fully saturated rings. The van der Waals surface area contributed by atoms with Crippen molar-refractivity contribution in [1.29, 1.82) is 0 Å². The Kier molecular flexibility index (Phi) is 6.80. The van der Waals surface area contributed by atoms with Gasteiger partial charge in [-0.2, -0.15) is 0 Å². The zero-order chi connectivity index (χ0) is 13.5. The van der Waals surface area contributed by atoms with Crippen LogP contribution in [0.3, 0.4) is 0 Å². The highest BCUT2D eigenvalue weighted by Gasteiger charge is 2.15. The molecule has 0 spiro atoms. The number of hydrogen-bond donors (Lipinski definition) is 2. The Morgan fingerprint density at radius 1 is 1.24 bits per heavy atom. The van der Waals surface area contributed by atoms with Crippen LogP contribution >= 0.6 is 0 Å². The Labute approximate surface area is 103 Å². The molecule has 0 bridgehead atoms. The lowest BCUT2D eigenvalue weighted by atomic mass is 10.2. The third-order valence-corrected chi connectivity index (χ3v) is 1.66. The fourth-order valence-electron chi connectivity index (χ4n) is 1.16. The van der Waals surface area contributed by atoms with Gasteiger partial charge in [-0.3, -0.25) is 9.59 Å². The van der Waals surface area contributed by atoms with Crippen LogP contribution in [0.1, 0.15) is 41.0 Å². The van der Waals surface area contributed by atoms with Crippen LogP contribution in [0.2, 0.25) is 0 Å². The number of ether oxygens (including phenoxy) is 1. The first-order chi connectivity index (χ1) is 7.70. The molecule has 0 unspecified atom stereocenters. The molecule has 0 aromatic carbocycles. The van der Waals surface area contributed by atoms with Gasteiger partial charge in [0, 0.05) is 12.6 Å². The highest BCUT2D eigenvalue weighted by Crippen LogP contribution is 2.07. The van der Waals surface area contributed by atoms with E-state index in [1.807, 2.05) is 34.6 Å². The normalized spacial score (nSPS) is 11.4. The van der Waals surface area contributed by atoms with Crippen LogP contribution in [0.5, 0.6) is 0 Å². The second kappa shape index (κ2) is 7.27. The summed E-state index contributed by atoms with van der Waals surface area (Å²) in [6.45, 7) is 9.95. The van der Waals surface area contributed by atoms with Gasteiger partial charge in [-0.05, 0) is 34.6 Å². The number of amides is 1. The molecule has 0 rings (SSSR count). The van der Waals surface area contributed by atoms with Crippen molar-refractivity contribution in [3.8, 4) is 0 Å². The maximum atomic E-state index is 11.3. The topological polar surface area (TPSA) is 67.4 Å². The summed E-state index contributed by atoms with van der Waals surface area (Å²) in [5.41, 5.74) is -0.452. The lowest BCUT2D eigenvalue weighted by molar-refractivity contribution is -0.154. The molecule has 0 aliphatic heterocycles. The van der Waals surface area contributed by atoms with Crippen LogP contribution < -0.4 is 10.6 Å². The fourth-order valence-corrected chi connectivity index (χ4v) is 1.16. The minimum atomic E-state index is -0.452. The molecule has 0 atom stereocenters. The Morgan fingerprint density at radius 2 is 1.82 bits per heavy atom. The van der Waals surface area contributed by atoms with Crippen LogP contribution in [0.25, 0.3) is 0 Å². The van der Waals surface area contributed by atoms with Crippen molar-refractivity contribution in [1.82, 2.24) is 10.6 Å². The van der Waals surface area contributed by atoms with Crippen LogP contribution in [0.4, 0.5) is 0 Å². The van der Waals surface area contributed by atoms with E-state index in [0.717, 1.165) is 0 Å². The van der Waals surface area contributed by atoms with E-state index in [1.54, 1.807) is 0 Å². The summed E-state index contributed by atoms with van der Waals surface area (Å²) < 4.78 is 5.13. The summed E-state index contributed by atoms with van der Waals surface area (Å²) in [5, 5.41) is 5.65. The smallest absolute Gasteiger partial charge is 0.307 e. The molecular weight excluding hydrogens is 220 g/mol. The number of nitrogens with one attached hydrogen (secondary N) is 2. The van der Waals surface area contributed by atoms with Gasteiger partial charge in [0.25, 0.3) is 0 Å². The lowest BCUT2D eigenvalue weighted by Gasteiger charge is -2.19. The largest absolute Gasteiger partial charge is 0.460 e. The van der Waals surface area contributed by atoms with Gasteiger partial charge in [-0.25, -0.2) is 0 Å². The van der Waals surface area contributed by atoms with E-state index in [0.29, 0.717) is 6.54 Å². The standard InChI is InChI=1S/C12H24N2O3/c1-9(2)14-10(15)8-13-7-6-11(16)17-12(3,4)5/h9,13H,6-8H2,1-5H3,(H,14,15). The van der Waals surface area contributed by atoms with Crippen molar-refractivity contribution in [2.24, 2.45) is 0 Å². The molecule has 0 heterocycles. The zero-order valence-corrected chi connectivity index (χ0v) is 11.4. The van der Waals surface area contributed by atoms with E-state index in [9.17, 15) is 9.59 Å². The van der Waals surface area contributed by atoms with Gasteiger partial charge >= 0.3 is 5.97 Å². The molecule has 1 amide bonds. The number of esters is 1. The molecule has 2 N–H and O–H groups in total. The van der Waals surface area contributed by atoms with Crippen LogP contribution in [0.15, 0.2) is 0 Å². The highest BCUT2D eigenvalue weighted by atomic mass is 16.6. The monoisotopic (exact) mass is 244 g/mol. The Hall–Kier alpha value is -1.10.